The van der Waals surface area contributed by atoms with Gasteiger partial charge >= 0.3 is 0 Å². The summed E-state index contributed by atoms with van der Waals surface area (Å²) in [7, 11) is 0. The Morgan fingerprint density at radius 2 is 1.46 bits per heavy atom. The van der Waals surface area contributed by atoms with Crippen LogP contribution in [-0.2, 0) is 0 Å². The zero-order valence-corrected chi connectivity index (χ0v) is 21.1. The number of ether oxygens (including phenoxy) is 2. The molecule has 2 saturated carbocycles. The summed E-state index contributed by atoms with van der Waals surface area (Å²) in [5.74, 6) is -0.200. The highest BCUT2D eigenvalue weighted by Gasteiger charge is 2.27. The zero-order valence-electron chi connectivity index (χ0n) is 21.1. The van der Waals surface area contributed by atoms with Crippen molar-refractivity contribution in [2.75, 3.05) is 13.2 Å². The van der Waals surface area contributed by atoms with Crippen LogP contribution in [0.4, 0.5) is 13.2 Å². The molecule has 0 bridgehead atoms. The first-order chi connectivity index (χ1) is 17.0. The standard InChI is InChI=1S/C30H39F3O2/c1-3-4-17-34-27-15-13-24(18-26(27)31)22-11-7-21(8-12-22)19-35-28-16-14-25(29(32)30(28)33)23-9-5-20(2)6-10-23/h13-16,18,20-23H,3-12,17,19H2,1-2H3. The molecule has 5 heteroatoms. The second-order valence-electron chi connectivity index (χ2n) is 10.7. The van der Waals surface area contributed by atoms with Crippen LogP contribution in [-0.4, -0.2) is 13.2 Å². The van der Waals surface area contributed by atoms with Gasteiger partial charge in [-0.1, -0.05) is 45.2 Å². The van der Waals surface area contributed by atoms with E-state index in [1.165, 1.54) is 0 Å². The predicted octanol–water partition coefficient (Wildman–Crippen LogP) is 8.93. The van der Waals surface area contributed by atoms with Crippen molar-refractivity contribution in [3.8, 4) is 11.5 Å². The molecule has 192 valence electrons. The number of unbranched alkanes of at least 4 members (excludes halogenated alkanes) is 1. The third kappa shape index (κ3) is 6.54. The molecule has 0 aliphatic heterocycles. The fourth-order valence-corrected chi connectivity index (χ4v) is 5.63. The summed E-state index contributed by atoms with van der Waals surface area (Å²) in [6, 6.07) is 8.64. The van der Waals surface area contributed by atoms with Gasteiger partial charge in [0.1, 0.15) is 0 Å². The quantitative estimate of drug-likeness (QED) is 0.328. The van der Waals surface area contributed by atoms with Gasteiger partial charge in [0, 0.05) is 0 Å². The van der Waals surface area contributed by atoms with E-state index in [1.54, 1.807) is 24.3 Å². The first-order valence-electron chi connectivity index (χ1n) is 13.5. The van der Waals surface area contributed by atoms with E-state index in [9.17, 15) is 13.2 Å². The smallest absolute Gasteiger partial charge is 0.200 e. The minimum Gasteiger partial charge on any atom is -0.491 e. The molecule has 0 spiro atoms. The van der Waals surface area contributed by atoms with Crippen molar-refractivity contribution in [2.24, 2.45) is 11.8 Å². The number of hydrogen-bond donors (Lipinski definition) is 0. The molecule has 0 radical (unpaired) electrons. The summed E-state index contributed by atoms with van der Waals surface area (Å²) in [5, 5.41) is 0. The van der Waals surface area contributed by atoms with Crippen molar-refractivity contribution < 1.29 is 22.6 Å². The second kappa shape index (κ2) is 12.2. The number of hydrogen-bond acceptors (Lipinski definition) is 2. The molecule has 2 nitrogen and oxygen atoms in total. The number of halogens is 3. The second-order valence-corrected chi connectivity index (χ2v) is 10.7. The zero-order chi connectivity index (χ0) is 24.8. The van der Waals surface area contributed by atoms with Crippen molar-refractivity contribution in [1.29, 1.82) is 0 Å². The number of benzene rings is 2. The lowest BCUT2D eigenvalue weighted by molar-refractivity contribution is 0.192. The lowest BCUT2D eigenvalue weighted by atomic mass is 9.79. The lowest BCUT2D eigenvalue weighted by Gasteiger charge is -2.29. The predicted molar refractivity (Wildman–Crippen MR) is 134 cm³/mol. The van der Waals surface area contributed by atoms with Crippen LogP contribution in [0.1, 0.15) is 101 Å². The Labute approximate surface area is 208 Å². The summed E-state index contributed by atoms with van der Waals surface area (Å²) < 4.78 is 55.3. The lowest BCUT2D eigenvalue weighted by Crippen LogP contribution is -2.20. The minimum absolute atomic E-state index is 0.0123. The van der Waals surface area contributed by atoms with Crippen molar-refractivity contribution in [3.05, 3.63) is 58.9 Å². The van der Waals surface area contributed by atoms with Gasteiger partial charge in [0.15, 0.2) is 23.1 Å². The Bertz CT molecular complexity index is 960. The van der Waals surface area contributed by atoms with Crippen molar-refractivity contribution in [2.45, 2.75) is 89.9 Å². The molecule has 4 rings (SSSR count). The maximum Gasteiger partial charge on any atom is 0.200 e. The SMILES string of the molecule is CCCCOc1ccc(C2CCC(COc3ccc(C4CCC(C)CC4)c(F)c3F)CC2)cc1F. The molecule has 0 N–H and O–H groups in total. The van der Waals surface area contributed by atoms with Gasteiger partial charge in [-0.3, -0.25) is 0 Å². The van der Waals surface area contributed by atoms with E-state index < -0.39 is 11.6 Å². The number of rotatable bonds is 9. The summed E-state index contributed by atoms with van der Waals surface area (Å²) in [6.07, 6.45) is 9.59. The Morgan fingerprint density at radius 1 is 0.771 bits per heavy atom. The van der Waals surface area contributed by atoms with Gasteiger partial charge in [0.2, 0.25) is 5.82 Å². The summed E-state index contributed by atoms with van der Waals surface area (Å²) in [4.78, 5) is 0. The van der Waals surface area contributed by atoms with Crippen LogP contribution < -0.4 is 9.47 Å². The van der Waals surface area contributed by atoms with E-state index in [2.05, 4.69) is 13.8 Å². The van der Waals surface area contributed by atoms with Gasteiger partial charge in [-0.2, -0.15) is 4.39 Å². The van der Waals surface area contributed by atoms with Gasteiger partial charge < -0.3 is 9.47 Å². The maximum atomic E-state index is 14.8. The third-order valence-electron chi connectivity index (χ3n) is 8.04. The van der Waals surface area contributed by atoms with E-state index in [1.807, 2.05) is 6.07 Å². The van der Waals surface area contributed by atoms with Crippen LogP contribution in [0.15, 0.2) is 30.3 Å². The maximum absolute atomic E-state index is 14.8. The largest absolute Gasteiger partial charge is 0.491 e. The van der Waals surface area contributed by atoms with Gasteiger partial charge in [0.25, 0.3) is 0 Å². The van der Waals surface area contributed by atoms with E-state index >= 15 is 0 Å². The van der Waals surface area contributed by atoms with Crippen LogP contribution in [0, 0.1) is 29.3 Å². The first-order valence-corrected chi connectivity index (χ1v) is 13.5. The molecule has 0 amide bonds. The Kier molecular flexibility index (Phi) is 9.02. The first kappa shape index (κ1) is 25.9. The highest BCUT2D eigenvalue weighted by atomic mass is 19.2. The molecular formula is C30H39F3O2. The monoisotopic (exact) mass is 488 g/mol. The normalized spacial score (nSPS) is 24.8. The average Bonchev–Trinajstić information content (AvgIpc) is 2.87. The summed E-state index contributed by atoms with van der Waals surface area (Å²) in [5.41, 5.74) is 1.50. The van der Waals surface area contributed by atoms with E-state index in [0.29, 0.717) is 36.4 Å². The Balaban J connectivity index is 1.27. The topological polar surface area (TPSA) is 18.5 Å². The molecule has 2 fully saturated rings. The van der Waals surface area contributed by atoms with Crippen LogP contribution in [0.2, 0.25) is 0 Å². The van der Waals surface area contributed by atoms with Crippen molar-refractivity contribution in [3.63, 3.8) is 0 Å². The van der Waals surface area contributed by atoms with Crippen LogP contribution >= 0.6 is 0 Å². The van der Waals surface area contributed by atoms with Gasteiger partial charge in [0.05, 0.1) is 13.2 Å². The molecule has 0 atom stereocenters. The minimum atomic E-state index is -0.855. The third-order valence-corrected chi connectivity index (χ3v) is 8.04. The fraction of sp³-hybridized carbons (Fsp3) is 0.600. The van der Waals surface area contributed by atoms with Gasteiger partial charge in [-0.15, -0.1) is 0 Å². The highest BCUT2D eigenvalue weighted by molar-refractivity contribution is 5.34. The van der Waals surface area contributed by atoms with E-state index in [0.717, 1.165) is 69.8 Å². The Hall–Kier alpha value is -2.17. The van der Waals surface area contributed by atoms with Crippen molar-refractivity contribution >= 4 is 0 Å². The molecule has 0 heterocycles. The molecular weight excluding hydrogens is 449 g/mol. The summed E-state index contributed by atoms with van der Waals surface area (Å²) in [6.45, 7) is 5.20. The van der Waals surface area contributed by atoms with Crippen molar-refractivity contribution in [1.82, 2.24) is 0 Å². The van der Waals surface area contributed by atoms with Crippen LogP contribution in [0.25, 0.3) is 0 Å². The van der Waals surface area contributed by atoms with E-state index in [-0.39, 0.29) is 23.4 Å². The average molecular weight is 489 g/mol. The molecule has 2 aliphatic rings. The van der Waals surface area contributed by atoms with E-state index in [4.69, 9.17) is 9.47 Å². The molecule has 2 aliphatic carbocycles. The molecule has 0 aromatic heterocycles. The molecule has 0 saturated heterocycles. The highest BCUT2D eigenvalue weighted by Crippen LogP contribution is 2.40. The molecule has 35 heavy (non-hydrogen) atoms. The molecule has 2 aromatic carbocycles. The summed E-state index contributed by atoms with van der Waals surface area (Å²) >= 11 is 0. The van der Waals surface area contributed by atoms with Gasteiger partial charge in [-0.25, -0.2) is 8.78 Å². The fourth-order valence-electron chi connectivity index (χ4n) is 5.63. The van der Waals surface area contributed by atoms with Gasteiger partial charge in [-0.05, 0) is 97.9 Å². The van der Waals surface area contributed by atoms with Crippen LogP contribution in [0.3, 0.4) is 0 Å². The molecule has 2 aromatic rings. The van der Waals surface area contributed by atoms with Crippen LogP contribution in [0.5, 0.6) is 11.5 Å². The molecule has 0 unspecified atom stereocenters. The Morgan fingerprint density at radius 3 is 2.14 bits per heavy atom.